The van der Waals surface area contributed by atoms with Gasteiger partial charge in [-0.15, -0.1) is 11.3 Å². The standard InChI is InChI=1S/C17H29N3OS/c1-13(2)9-20-7-6-19(14(3)17(20)21)11-16-8-15(12-22-16)10-18(4)5/h8,12-14H,6-7,9-11H2,1-5H3/t14-/m1/s1. The average molecular weight is 324 g/mol. The summed E-state index contributed by atoms with van der Waals surface area (Å²) in [4.78, 5) is 20.4. The Hall–Kier alpha value is -0.910. The van der Waals surface area contributed by atoms with Crippen LogP contribution in [-0.2, 0) is 17.9 Å². The summed E-state index contributed by atoms with van der Waals surface area (Å²) in [5.41, 5.74) is 1.36. The van der Waals surface area contributed by atoms with Gasteiger partial charge < -0.3 is 9.80 Å². The molecule has 1 fully saturated rings. The molecule has 22 heavy (non-hydrogen) atoms. The lowest BCUT2D eigenvalue weighted by Gasteiger charge is -2.39. The molecule has 1 saturated heterocycles. The van der Waals surface area contributed by atoms with Crippen LogP contribution in [0.4, 0.5) is 0 Å². The Bertz CT molecular complexity index is 498. The fourth-order valence-electron chi connectivity index (χ4n) is 2.97. The van der Waals surface area contributed by atoms with Crippen molar-refractivity contribution in [1.82, 2.24) is 14.7 Å². The molecule has 0 spiro atoms. The molecule has 2 rings (SSSR count). The first kappa shape index (κ1) is 17.4. The molecule has 0 aromatic carbocycles. The Morgan fingerprint density at radius 2 is 2.09 bits per heavy atom. The highest BCUT2D eigenvalue weighted by Crippen LogP contribution is 2.21. The van der Waals surface area contributed by atoms with E-state index in [1.165, 1.54) is 10.4 Å². The number of hydrogen-bond donors (Lipinski definition) is 0. The number of amides is 1. The number of nitrogens with zero attached hydrogens (tertiary/aromatic N) is 3. The van der Waals surface area contributed by atoms with Gasteiger partial charge in [0.05, 0.1) is 6.04 Å². The van der Waals surface area contributed by atoms with Crippen molar-refractivity contribution in [3.63, 3.8) is 0 Å². The highest BCUT2D eigenvalue weighted by atomic mass is 32.1. The van der Waals surface area contributed by atoms with Crippen LogP contribution in [0.25, 0.3) is 0 Å². The van der Waals surface area contributed by atoms with Gasteiger partial charge >= 0.3 is 0 Å². The Kier molecular flexibility index (Phi) is 6.01. The molecular formula is C17H29N3OS. The first-order valence-corrected chi connectivity index (χ1v) is 8.98. The van der Waals surface area contributed by atoms with E-state index in [1.54, 1.807) is 11.3 Å². The summed E-state index contributed by atoms with van der Waals surface area (Å²) >= 11 is 1.81. The number of piperazine rings is 1. The molecule has 4 nitrogen and oxygen atoms in total. The summed E-state index contributed by atoms with van der Waals surface area (Å²) in [6, 6.07) is 2.27. The summed E-state index contributed by atoms with van der Waals surface area (Å²) < 4.78 is 0. The van der Waals surface area contributed by atoms with Gasteiger partial charge in [0, 0.05) is 37.6 Å². The van der Waals surface area contributed by atoms with E-state index in [9.17, 15) is 4.79 Å². The van der Waals surface area contributed by atoms with Crippen LogP contribution in [0.5, 0.6) is 0 Å². The molecule has 1 aliphatic rings. The van der Waals surface area contributed by atoms with Crippen molar-refractivity contribution < 1.29 is 4.79 Å². The number of thiophene rings is 1. The molecule has 0 N–H and O–H groups in total. The van der Waals surface area contributed by atoms with E-state index in [1.807, 2.05) is 11.8 Å². The third-order valence-electron chi connectivity index (χ3n) is 4.03. The van der Waals surface area contributed by atoms with E-state index in [-0.39, 0.29) is 11.9 Å². The quantitative estimate of drug-likeness (QED) is 0.805. The molecule has 1 aromatic heterocycles. The van der Waals surface area contributed by atoms with Crippen molar-refractivity contribution >= 4 is 17.2 Å². The van der Waals surface area contributed by atoms with Crippen molar-refractivity contribution in [2.75, 3.05) is 33.7 Å². The Morgan fingerprint density at radius 3 is 2.73 bits per heavy atom. The highest BCUT2D eigenvalue weighted by Gasteiger charge is 2.31. The van der Waals surface area contributed by atoms with Crippen LogP contribution >= 0.6 is 11.3 Å². The van der Waals surface area contributed by atoms with Crippen molar-refractivity contribution in [3.05, 3.63) is 21.9 Å². The molecule has 1 aliphatic heterocycles. The predicted molar refractivity (Wildman–Crippen MR) is 93.0 cm³/mol. The average Bonchev–Trinajstić information content (AvgIpc) is 2.84. The molecule has 124 valence electrons. The van der Waals surface area contributed by atoms with Gasteiger partial charge in [-0.1, -0.05) is 13.8 Å². The van der Waals surface area contributed by atoms with Gasteiger partial charge in [-0.05, 0) is 43.9 Å². The lowest BCUT2D eigenvalue weighted by molar-refractivity contribution is -0.141. The van der Waals surface area contributed by atoms with E-state index >= 15 is 0 Å². The molecule has 0 aliphatic carbocycles. The molecular weight excluding hydrogens is 294 g/mol. The topological polar surface area (TPSA) is 26.8 Å². The van der Waals surface area contributed by atoms with Crippen LogP contribution < -0.4 is 0 Å². The maximum Gasteiger partial charge on any atom is 0.239 e. The molecule has 1 atom stereocenters. The van der Waals surface area contributed by atoms with Crippen LogP contribution in [0.2, 0.25) is 0 Å². The Balaban J connectivity index is 1.94. The minimum Gasteiger partial charge on any atom is -0.340 e. The number of carbonyl (C=O) groups excluding carboxylic acids is 1. The second-order valence-corrected chi connectivity index (χ2v) is 7.98. The van der Waals surface area contributed by atoms with E-state index in [4.69, 9.17) is 0 Å². The summed E-state index contributed by atoms with van der Waals surface area (Å²) in [6.07, 6.45) is 0. The van der Waals surface area contributed by atoms with Crippen molar-refractivity contribution in [2.45, 2.75) is 39.9 Å². The van der Waals surface area contributed by atoms with E-state index < -0.39 is 0 Å². The summed E-state index contributed by atoms with van der Waals surface area (Å²) in [6.45, 7) is 11.0. The third-order valence-corrected chi connectivity index (χ3v) is 5.00. The highest BCUT2D eigenvalue weighted by molar-refractivity contribution is 7.10. The minimum atomic E-state index is -0.00750. The van der Waals surface area contributed by atoms with E-state index in [0.29, 0.717) is 5.92 Å². The van der Waals surface area contributed by atoms with Gasteiger partial charge in [0.2, 0.25) is 5.91 Å². The monoisotopic (exact) mass is 323 g/mol. The van der Waals surface area contributed by atoms with Gasteiger partial charge in [0.15, 0.2) is 0 Å². The van der Waals surface area contributed by atoms with Gasteiger partial charge in [-0.2, -0.15) is 0 Å². The molecule has 2 heterocycles. The fourth-order valence-corrected chi connectivity index (χ4v) is 3.87. The zero-order valence-corrected chi connectivity index (χ0v) is 15.3. The number of carbonyl (C=O) groups is 1. The molecule has 0 unspecified atom stereocenters. The summed E-state index contributed by atoms with van der Waals surface area (Å²) in [5.74, 6) is 0.818. The van der Waals surface area contributed by atoms with Gasteiger partial charge in [-0.25, -0.2) is 0 Å². The van der Waals surface area contributed by atoms with Crippen LogP contribution in [0.15, 0.2) is 11.4 Å². The zero-order valence-electron chi connectivity index (χ0n) is 14.5. The maximum atomic E-state index is 12.5. The van der Waals surface area contributed by atoms with Crippen molar-refractivity contribution in [2.24, 2.45) is 5.92 Å². The largest absolute Gasteiger partial charge is 0.340 e. The summed E-state index contributed by atoms with van der Waals surface area (Å²) in [7, 11) is 4.18. The molecule has 1 amide bonds. The van der Waals surface area contributed by atoms with E-state index in [2.05, 4.69) is 49.2 Å². The fraction of sp³-hybridized carbons (Fsp3) is 0.706. The van der Waals surface area contributed by atoms with E-state index in [0.717, 1.165) is 32.7 Å². The SMILES string of the molecule is CC(C)CN1CCN(Cc2cc(CN(C)C)cs2)[C@H](C)C1=O. The van der Waals surface area contributed by atoms with Crippen LogP contribution in [0.3, 0.4) is 0 Å². The predicted octanol–water partition coefficient (Wildman–Crippen LogP) is 2.50. The number of hydrogen-bond acceptors (Lipinski definition) is 4. The second-order valence-electron chi connectivity index (χ2n) is 6.98. The van der Waals surface area contributed by atoms with Crippen LogP contribution in [0.1, 0.15) is 31.2 Å². The maximum absolute atomic E-state index is 12.5. The molecule has 5 heteroatoms. The lowest BCUT2D eigenvalue weighted by atomic mass is 10.1. The smallest absolute Gasteiger partial charge is 0.239 e. The van der Waals surface area contributed by atoms with Gasteiger partial charge in [0.25, 0.3) is 0 Å². The molecule has 0 radical (unpaired) electrons. The number of rotatable bonds is 6. The summed E-state index contributed by atoms with van der Waals surface area (Å²) in [5, 5.41) is 2.23. The van der Waals surface area contributed by atoms with Crippen LogP contribution in [-0.4, -0.2) is 60.4 Å². The first-order valence-electron chi connectivity index (χ1n) is 8.10. The van der Waals surface area contributed by atoms with Crippen molar-refractivity contribution in [3.8, 4) is 0 Å². The first-order chi connectivity index (χ1) is 10.4. The lowest BCUT2D eigenvalue weighted by Crippen LogP contribution is -2.55. The minimum absolute atomic E-state index is 0.00750. The van der Waals surface area contributed by atoms with Crippen LogP contribution in [0, 0.1) is 5.92 Å². The Morgan fingerprint density at radius 1 is 1.36 bits per heavy atom. The zero-order chi connectivity index (χ0) is 16.3. The van der Waals surface area contributed by atoms with Gasteiger partial charge in [-0.3, -0.25) is 9.69 Å². The second kappa shape index (κ2) is 7.57. The molecule has 0 saturated carbocycles. The Labute approximate surface area is 138 Å². The normalized spacial score (nSPS) is 20.4. The third kappa shape index (κ3) is 4.54. The van der Waals surface area contributed by atoms with Gasteiger partial charge in [0.1, 0.15) is 0 Å². The molecule has 0 bridgehead atoms. The van der Waals surface area contributed by atoms with Crippen molar-refractivity contribution in [1.29, 1.82) is 0 Å². The molecule has 1 aromatic rings.